The zero-order chi connectivity index (χ0) is 19.2. The summed E-state index contributed by atoms with van der Waals surface area (Å²) in [5.41, 5.74) is -1.83. The Kier molecular flexibility index (Phi) is 3.96. The monoisotopic (exact) mass is 371 g/mol. The largest absolute Gasteiger partial charge is 0.418 e. The number of para-hydroxylation sites is 1. The summed E-state index contributed by atoms with van der Waals surface area (Å²) in [5, 5.41) is 2.54. The van der Waals surface area contributed by atoms with E-state index in [1.807, 2.05) is 36.4 Å². The second-order valence-electron chi connectivity index (χ2n) is 6.41. The number of hydroxylamine groups is 1. The van der Waals surface area contributed by atoms with Crippen molar-refractivity contribution in [3.8, 4) is 0 Å². The molecule has 1 atom stereocenters. The predicted octanol–water partition coefficient (Wildman–Crippen LogP) is 5.44. The van der Waals surface area contributed by atoms with Crippen LogP contribution in [0.1, 0.15) is 24.5 Å². The van der Waals surface area contributed by atoms with E-state index >= 15 is 0 Å². The van der Waals surface area contributed by atoms with Crippen molar-refractivity contribution in [3.63, 3.8) is 0 Å². The number of anilines is 1. The van der Waals surface area contributed by atoms with Crippen molar-refractivity contribution in [1.29, 1.82) is 0 Å². The second-order valence-corrected chi connectivity index (χ2v) is 6.41. The highest BCUT2D eigenvalue weighted by Crippen LogP contribution is 2.48. The summed E-state index contributed by atoms with van der Waals surface area (Å²) in [6.07, 6.45) is -4.27. The molecule has 1 heterocycles. The lowest BCUT2D eigenvalue weighted by Gasteiger charge is -2.48. The van der Waals surface area contributed by atoms with E-state index in [1.54, 1.807) is 13.0 Å². The summed E-state index contributed by atoms with van der Waals surface area (Å²) in [5.74, 6) is -0.502. The highest BCUT2D eigenvalue weighted by molar-refractivity contribution is 6.06. The van der Waals surface area contributed by atoms with Crippen molar-refractivity contribution in [2.24, 2.45) is 0 Å². The van der Waals surface area contributed by atoms with Gasteiger partial charge in [0.15, 0.2) is 0 Å². The standard InChI is InChI=1S/C21H16F3NO2/c1-2-20(16-12-7-9-14-8-3-4-10-15(14)16)19(26)25(27-20)18-13-6-5-11-17(18)21(22,23)24/h3-13H,2H2,1H3. The topological polar surface area (TPSA) is 29.5 Å². The number of nitrogens with zero attached hydrogens (tertiary/aromatic N) is 1. The molecule has 3 aromatic carbocycles. The quantitative estimate of drug-likeness (QED) is 0.613. The van der Waals surface area contributed by atoms with Crippen LogP contribution in [0.5, 0.6) is 0 Å². The number of carbonyl (C=O) groups is 1. The van der Waals surface area contributed by atoms with Gasteiger partial charge in [-0.2, -0.15) is 18.2 Å². The SMILES string of the molecule is CCC1(c2cccc3ccccc23)ON(c2ccccc2C(F)(F)F)C1=O. The molecule has 138 valence electrons. The lowest BCUT2D eigenvalue weighted by molar-refractivity contribution is -0.192. The van der Waals surface area contributed by atoms with E-state index in [2.05, 4.69) is 0 Å². The van der Waals surface area contributed by atoms with Crippen molar-refractivity contribution in [1.82, 2.24) is 0 Å². The Hall–Kier alpha value is -2.86. The van der Waals surface area contributed by atoms with Gasteiger partial charge in [-0.15, -0.1) is 0 Å². The molecular formula is C21H16F3NO2. The predicted molar refractivity (Wildman–Crippen MR) is 95.9 cm³/mol. The maximum absolute atomic E-state index is 13.3. The minimum Gasteiger partial charge on any atom is -0.268 e. The molecule has 0 spiro atoms. The maximum atomic E-state index is 13.3. The van der Waals surface area contributed by atoms with Crippen LogP contribution in [0.4, 0.5) is 18.9 Å². The Balaban J connectivity index is 1.79. The van der Waals surface area contributed by atoms with Crippen LogP contribution in [0, 0.1) is 0 Å². The van der Waals surface area contributed by atoms with Gasteiger partial charge in [0.1, 0.15) is 0 Å². The fourth-order valence-corrected chi connectivity index (χ4v) is 3.56. The van der Waals surface area contributed by atoms with E-state index in [9.17, 15) is 18.0 Å². The third-order valence-corrected chi connectivity index (χ3v) is 4.93. The van der Waals surface area contributed by atoms with Crippen molar-refractivity contribution in [3.05, 3.63) is 77.9 Å². The van der Waals surface area contributed by atoms with Gasteiger partial charge >= 0.3 is 6.18 Å². The number of hydrogen-bond acceptors (Lipinski definition) is 2. The third kappa shape index (κ3) is 2.59. The summed E-state index contributed by atoms with van der Waals surface area (Å²) in [7, 11) is 0. The molecular weight excluding hydrogens is 355 g/mol. The van der Waals surface area contributed by atoms with Crippen molar-refractivity contribution in [2.45, 2.75) is 25.1 Å². The number of amides is 1. The fraction of sp³-hybridized carbons (Fsp3) is 0.190. The van der Waals surface area contributed by atoms with Crippen LogP contribution in [0.3, 0.4) is 0 Å². The van der Waals surface area contributed by atoms with Gasteiger partial charge in [0.2, 0.25) is 5.60 Å². The van der Waals surface area contributed by atoms with Gasteiger partial charge in [-0.25, -0.2) is 4.84 Å². The number of alkyl halides is 3. The molecule has 1 amide bonds. The summed E-state index contributed by atoms with van der Waals surface area (Å²) >= 11 is 0. The van der Waals surface area contributed by atoms with Gasteiger partial charge < -0.3 is 0 Å². The number of halogens is 3. The van der Waals surface area contributed by atoms with E-state index in [1.165, 1.54) is 18.2 Å². The van der Waals surface area contributed by atoms with E-state index < -0.39 is 23.2 Å². The van der Waals surface area contributed by atoms with Crippen LogP contribution in [0.25, 0.3) is 10.8 Å². The number of hydrogen-bond donors (Lipinski definition) is 0. The molecule has 1 aliphatic heterocycles. The van der Waals surface area contributed by atoms with E-state index in [4.69, 9.17) is 4.84 Å². The van der Waals surface area contributed by atoms with E-state index in [0.29, 0.717) is 12.0 Å². The number of benzene rings is 3. The molecule has 3 aromatic rings. The Bertz CT molecular complexity index is 1030. The van der Waals surface area contributed by atoms with Gasteiger partial charge in [-0.05, 0) is 29.3 Å². The zero-order valence-corrected chi connectivity index (χ0v) is 14.5. The first-order valence-electron chi connectivity index (χ1n) is 8.56. The number of rotatable bonds is 3. The van der Waals surface area contributed by atoms with Crippen LogP contribution in [0.2, 0.25) is 0 Å². The minimum absolute atomic E-state index is 0.292. The Morgan fingerprint density at radius 2 is 1.63 bits per heavy atom. The van der Waals surface area contributed by atoms with Crippen molar-refractivity contribution < 1.29 is 22.8 Å². The molecule has 6 heteroatoms. The highest BCUT2D eigenvalue weighted by atomic mass is 19.4. The number of fused-ring (bicyclic) bond motifs is 1. The van der Waals surface area contributed by atoms with Crippen LogP contribution in [0.15, 0.2) is 66.7 Å². The van der Waals surface area contributed by atoms with E-state index in [-0.39, 0.29) is 5.69 Å². The van der Waals surface area contributed by atoms with Crippen molar-refractivity contribution in [2.75, 3.05) is 5.06 Å². The first-order valence-corrected chi connectivity index (χ1v) is 8.56. The molecule has 0 aliphatic carbocycles. The fourth-order valence-electron chi connectivity index (χ4n) is 3.56. The number of carbonyl (C=O) groups excluding carboxylic acids is 1. The average Bonchev–Trinajstić information content (AvgIpc) is 2.67. The van der Waals surface area contributed by atoms with Crippen LogP contribution in [-0.2, 0) is 21.4 Å². The summed E-state index contributed by atoms with van der Waals surface area (Å²) in [6, 6.07) is 18.0. The zero-order valence-electron chi connectivity index (χ0n) is 14.5. The third-order valence-electron chi connectivity index (χ3n) is 4.93. The summed E-state index contributed by atoms with van der Waals surface area (Å²) < 4.78 is 39.9. The smallest absolute Gasteiger partial charge is 0.268 e. The van der Waals surface area contributed by atoms with E-state index in [0.717, 1.165) is 21.9 Å². The Morgan fingerprint density at radius 3 is 2.33 bits per heavy atom. The lowest BCUT2D eigenvalue weighted by Crippen LogP contribution is -2.62. The van der Waals surface area contributed by atoms with Gasteiger partial charge in [0.05, 0.1) is 11.3 Å². The average molecular weight is 371 g/mol. The van der Waals surface area contributed by atoms with Gasteiger partial charge in [0, 0.05) is 5.56 Å². The first-order chi connectivity index (χ1) is 12.9. The molecule has 0 saturated carbocycles. The molecule has 1 fully saturated rings. The lowest BCUT2D eigenvalue weighted by atomic mass is 9.84. The minimum atomic E-state index is -4.58. The molecule has 4 rings (SSSR count). The summed E-state index contributed by atoms with van der Waals surface area (Å²) in [6.45, 7) is 1.78. The maximum Gasteiger partial charge on any atom is 0.418 e. The molecule has 1 aliphatic rings. The van der Waals surface area contributed by atoms with Crippen LogP contribution < -0.4 is 5.06 Å². The summed E-state index contributed by atoms with van der Waals surface area (Å²) in [4.78, 5) is 18.9. The van der Waals surface area contributed by atoms with Gasteiger partial charge in [-0.3, -0.25) is 4.79 Å². The highest BCUT2D eigenvalue weighted by Gasteiger charge is 2.57. The second kappa shape index (κ2) is 6.09. The molecule has 0 radical (unpaired) electrons. The molecule has 27 heavy (non-hydrogen) atoms. The molecule has 3 nitrogen and oxygen atoms in total. The van der Waals surface area contributed by atoms with Crippen LogP contribution in [-0.4, -0.2) is 5.91 Å². The Morgan fingerprint density at radius 1 is 0.963 bits per heavy atom. The normalized spacial score (nSPS) is 20.0. The Labute approximate surface area is 153 Å². The molecule has 0 N–H and O–H groups in total. The van der Waals surface area contributed by atoms with Crippen LogP contribution >= 0.6 is 0 Å². The molecule has 1 unspecified atom stereocenters. The molecule has 0 aromatic heterocycles. The molecule has 1 saturated heterocycles. The van der Waals surface area contributed by atoms with Crippen molar-refractivity contribution >= 4 is 22.4 Å². The van der Waals surface area contributed by atoms with Gasteiger partial charge in [-0.1, -0.05) is 61.5 Å². The van der Waals surface area contributed by atoms with Gasteiger partial charge in [0.25, 0.3) is 5.91 Å². The molecule has 0 bridgehead atoms. The first kappa shape index (κ1) is 17.5.